The minimum Gasteiger partial charge on any atom is -0.480 e. The van der Waals surface area contributed by atoms with Gasteiger partial charge in [0.05, 0.1) is 6.54 Å². The molecule has 1 heterocycles. The van der Waals surface area contributed by atoms with E-state index in [2.05, 4.69) is 51.8 Å². The molecule has 28 heavy (non-hydrogen) atoms. The van der Waals surface area contributed by atoms with Gasteiger partial charge in [-0.25, -0.2) is 0 Å². The van der Waals surface area contributed by atoms with Crippen molar-refractivity contribution in [1.82, 2.24) is 25.5 Å². The molecule has 3 aromatic rings. The quantitative estimate of drug-likeness (QED) is 0.523. The number of hydrogen-bond donors (Lipinski definition) is 2. The van der Waals surface area contributed by atoms with Crippen molar-refractivity contribution < 1.29 is 9.90 Å². The number of aromatic amines is 1. The van der Waals surface area contributed by atoms with E-state index < -0.39 is 5.97 Å². The predicted octanol–water partition coefficient (Wildman–Crippen LogP) is 3.61. The third-order valence-corrected chi connectivity index (χ3v) is 4.62. The molecule has 0 spiro atoms. The third-order valence-electron chi connectivity index (χ3n) is 4.62. The molecule has 1 aromatic heterocycles. The molecule has 3 rings (SSSR count). The molecule has 0 atom stereocenters. The number of hydrogen-bond acceptors (Lipinski definition) is 5. The Hall–Kier alpha value is -3.06. The number of rotatable bonds is 10. The monoisotopic (exact) mass is 379 g/mol. The summed E-state index contributed by atoms with van der Waals surface area (Å²) in [5.41, 5.74) is 4.09. The maximum atomic E-state index is 11.2. The van der Waals surface area contributed by atoms with E-state index in [1.54, 1.807) is 0 Å². The molecule has 0 saturated carbocycles. The van der Waals surface area contributed by atoms with Crippen LogP contribution >= 0.6 is 0 Å². The van der Waals surface area contributed by atoms with Gasteiger partial charge in [0.2, 0.25) is 5.82 Å². The van der Waals surface area contributed by atoms with Crippen molar-refractivity contribution in [1.29, 1.82) is 0 Å². The Morgan fingerprint density at radius 2 is 1.82 bits per heavy atom. The second-order valence-corrected chi connectivity index (χ2v) is 6.79. The maximum Gasteiger partial charge on any atom is 0.317 e. The number of carboxylic acids is 1. The first-order valence-electron chi connectivity index (χ1n) is 9.53. The van der Waals surface area contributed by atoms with E-state index in [0.717, 1.165) is 48.1 Å². The minimum atomic E-state index is -0.790. The Morgan fingerprint density at radius 3 is 2.46 bits per heavy atom. The molecule has 0 unspecified atom stereocenters. The normalized spacial score (nSPS) is 11.1. The van der Waals surface area contributed by atoms with Crippen LogP contribution in [-0.4, -0.2) is 49.7 Å². The van der Waals surface area contributed by atoms with Crippen molar-refractivity contribution in [3.63, 3.8) is 0 Å². The Morgan fingerprint density at radius 1 is 1.07 bits per heavy atom. The highest BCUT2D eigenvalue weighted by Crippen LogP contribution is 2.29. The van der Waals surface area contributed by atoms with Gasteiger partial charge in [0.15, 0.2) is 0 Å². The molecule has 0 saturated heterocycles. The fourth-order valence-corrected chi connectivity index (χ4v) is 3.24. The van der Waals surface area contributed by atoms with Crippen LogP contribution in [0.4, 0.5) is 0 Å². The van der Waals surface area contributed by atoms with Crippen molar-refractivity contribution in [2.45, 2.75) is 32.7 Å². The fourth-order valence-electron chi connectivity index (χ4n) is 3.24. The number of H-pyrrole nitrogens is 1. The largest absolute Gasteiger partial charge is 0.480 e. The highest BCUT2D eigenvalue weighted by atomic mass is 16.4. The third kappa shape index (κ3) is 5.23. The molecule has 0 aliphatic carbocycles. The number of carbonyl (C=O) groups is 1. The first-order valence-corrected chi connectivity index (χ1v) is 9.53. The Kier molecular flexibility index (Phi) is 6.86. The molecule has 2 aromatic carbocycles. The van der Waals surface area contributed by atoms with E-state index in [0.29, 0.717) is 12.4 Å². The Balaban J connectivity index is 1.75. The molecular weight excluding hydrogens is 354 g/mol. The molecule has 0 aliphatic heterocycles. The van der Waals surface area contributed by atoms with Gasteiger partial charge in [-0.1, -0.05) is 68.3 Å². The number of benzene rings is 2. The van der Waals surface area contributed by atoms with Gasteiger partial charge >= 0.3 is 5.97 Å². The summed E-state index contributed by atoms with van der Waals surface area (Å²) in [6, 6.07) is 16.1. The van der Waals surface area contributed by atoms with Crippen LogP contribution in [-0.2, 0) is 11.3 Å². The standard InChI is InChI=1S/C21H25N5O2/c1-2-3-6-13-26(15-20(27)28)14-16-9-11-17(12-10-16)18-7-4-5-8-19(18)21-22-24-25-23-21/h4-5,7-12H,2-3,6,13-15H2,1H3,(H,27,28)(H,22,23,24,25). The number of carboxylic acid groups (broad SMARTS) is 1. The second-order valence-electron chi connectivity index (χ2n) is 6.79. The summed E-state index contributed by atoms with van der Waals surface area (Å²) < 4.78 is 0. The van der Waals surface area contributed by atoms with Crippen LogP contribution < -0.4 is 0 Å². The fraction of sp³-hybridized carbons (Fsp3) is 0.333. The number of tetrazole rings is 1. The lowest BCUT2D eigenvalue weighted by Crippen LogP contribution is -2.30. The van der Waals surface area contributed by atoms with E-state index in [4.69, 9.17) is 0 Å². The highest BCUT2D eigenvalue weighted by Gasteiger charge is 2.12. The zero-order valence-electron chi connectivity index (χ0n) is 16.0. The summed E-state index contributed by atoms with van der Waals surface area (Å²) in [4.78, 5) is 13.1. The average molecular weight is 379 g/mol. The zero-order valence-corrected chi connectivity index (χ0v) is 16.0. The average Bonchev–Trinajstić information content (AvgIpc) is 3.23. The summed E-state index contributed by atoms with van der Waals surface area (Å²) in [5, 5.41) is 23.5. The molecule has 0 fully saturated rings. The zero-order chi connectivity index (χ0) is 19.8. The van der Waals surface area contributed by atoms with Crippen molar-refractivity contribution in [2.75, 3.05) is 13.1 Å². The van der Waals surface area contributed by atoms with Gasteiger partial charge in [-0.2, -0.15) is 5.21 Å². The number of nitrogens with one attached hydrogen (secondary N) is 1. The molecular formula is C21H25N5O2. The van der Waals surface area contributed by atoms with Crippen molar-refractivity contribution >= 4 is 5.97 Å². The lowest BCUT2D eigenvalue weighted by Gasteiger charge is -2.20. The molecule has 0 aliphatic rings. The van der Waals surface area contributed by atoms with Gasteiger partial charge in [-0.3, -0.25) is 9.69 Å². The number of aliphatic carboxylic acids is 1. The summed E-state index contributed by atoms with van der Waals surface area (Å²) in [5.74, 6) is -0.231. The number of nitrogens with zero attached hydrogens (tertiary/aromatic N) is 4. The first-order chi connectivity index (χ1) is 13.7. The number of aromatic nitrogens is 4. The van der Waals surface area contributed by atoms with E-state index in [1.807, 2.05) is 29.2 Å². The van der Waals surface area contributed by atoms with Crippen LogP contribution in [0.3, 0.4) is 0 Å². The smallest absolute Gasteiger partial charge is 0.317 e. The summed E-state index contributed by atoms with van der Waals surface area (Å²) in [6.07, 6.45) is 3.25. The molecule has 0 bridgehead atoms. The van der Waals surface area contributed by atoms with Crippen LogP contribution in [0.1, 0.15) is 31.7 Å². The summed E-state index contributed by atoms with van der Waals surface area (Å²) >= 11 is 0. The molecule has 0 amide bonds. The van der Waals surface area contributed by atoms with Crippen LogP contribution in [0, 0.1) is 0 Å². The minimum absolute atomic E-state index is 0.0616. The topological polar surface area (TPSA) is 95.0 Å². The molecule has 7 heteroatoms. The molecule has 146 valence electrons. The highest BCUT2D eigenvalue weighted by molar-refractivity contribution is 5.80. The lowest BCUT2D eigenvalue weighted by atomic mass is 9.98. The first kappa shape index (κ1) is 19.7. The van der Waals surface area contributed by atoms with E-state index in [9.17, 15) is 9.90 Å². The maximum absolute atomic E-state index is 11.2. The van der Waals surface area contributed by atoms with E-state index in [1.165, 1.54) is 0 Å². The molecule has 7 nitrogen and oxygen atoms in total. The van der Waals surface area contributed by atoms with Crippen molar-refractivity contribution in [3.05, 3.63) is 54.1 Å². The van der Waals surface area contributed by atoms with Crippen molar-refractivity contribution in [2.24, 2.45) is 0 Å². The van der Waals surface area contributed by atoms with E-state index in [-0.39, 0.29) is 6.54 Å². The van der Waals surface area contributed by atoms with Crippen LogP contribution in [0.15, 0.2) is 48.5 Å². The van der Waals surface area contributed by atoms with Crippen LogP contribution in [0.5, 0.6) is 0 Å². The second kappa shape index (κ2) is 9.75. The molecule has 0 radical (unpaired) electrons. The SMILES string of the molecule is CCCCCN(CC(=O)O)Cc1ccc(-c2ccccc2-c2nn[nH]n2)cc1. The van der Waals surface area contributed by atoms with Gasteiger partial charge in [0, 0.05) is 12.1 Å². The van der Waals surface area contributed by atoms with Crippen LogP contribution in [0.2, 0.25) is 0 Å². The van der Waals surface area contributed by atoms with E-state index >= 15 is 0 Å². The van der Waals surface area contributed by atoms with Gasteiger partial charge in [0.25, 0.3) is 0 Å². The van der Waals surface area contributed by atoms with Crippen LogP contribution in [0.25, 0.3) is 22.5 Å². The van der Waals surface area contributed by atoms with Gasteiger partial charge in [-0.15, -0.1) is 10.2 Å². The van der Waals surface area contributed by atoms with Gasteiger partial charge < -0.3 is 5.11 Å². The Bertz CT molecular complexity index is 878. The summed E-state index contributed by atoms with van der Waals surface area (Å²) in [6.45, 7) is 3.63. The Labute approximate surface area is 164 Å². The lowest BCUT2D eigenvalue weighted by molar-refractivity contribution is -0.138. The summed E-state index contributed by atoms with van der Waals surface area (Å²) in [7, 11) is 0. The molecule has 2 N–H and O–H groups in total. The van der Waals surface area contributed by atoms with Gasteiger partial charge in [-0.05, 0) is 34.9 Å². The number of unbranched alkanes of at least 4 members (excludes halogenated alkanes) is 2. The van der Waals surface area contributed by atoms with Crippen molar-refractivity contribution in [3.8, 4) is 22.5 Å². The predicted molar refractivity (Wildman–Crippen MR) is 107 cm³/mol. The van der Waals surface area contributed by atoms with Gasteiger partial charge in [0.1, 0.15) is 0 Å².